The standard InChI is InChI=1S/C17H17ClN2O5/c1-4-10-5-6-12(9-14(10)20(22)23)19-17(21)11-7-13(18)16(25-3)15(8-11)24-2/h5-9H,4H2,1-3H3,(H,19,21). The van der Waals surface area contributed by atoms with Gasteiger partial charge in [0.2, 0.25) is 0 Å². The molecule has 0 aliphatic heterocycles. The zero-order valence-corrected chi connectivity index (χ0v) is 14.7. The van der Waals surface area contributed by atoms with Crippen LogP contribution in [-0.2, 0) is 6.42 Å². The van der Waals surface area contributed by atoms with Crippen LogP contribution < -0.4 is 14.8 Å². The summed E-state index contributed by atoms with van der Waals surface area (Å²) in [4.78, 5) is 23.1. The summed E-state index contributed by atoms with van der Waals surface area (Å²) in [5.74, 6) is 0.164. The number of hydrogen-bond donors (Lipinski definition) is 1. The Bertz CT molecular complexity index is 823. The average Bonchev–Trinajstić information content (AvgIpc) is 2.60. The fraction of sp³-hybridized carbons (Fsp3) is 0.235. The van der Waals surface area contributed by atoms with Crippen LogP contribution in [0.4, 0.5) is 11.4 Å². The minimum atomic E-state index is -0.471. The molecule has 0 saturated heterocycles. The van der Waals surface area contributed by atoms with Gasteiger partial charge in [-0.1, -0.05) is 24.6 Å². The Morgan fingerprint density at radius 2 is 1.96 bits per heavy atom. The molecule has 0 aromatic heterocycles. The lowest BCUT2D eigenvalue weighted by Crippen LogP contribution is -2.12. The fourth-order valence-electron chi connectivity index (χ4n) is 2.36. The Morgan fingerprint density at radius 1 is 1.24 bits per heavy atom. The van der Waals surface area contributed by atoms with Crippen LogP contribution in [0.1, 0.15) is 22.8 Å². The maximum absolute atomic E-state index is 12.4. The monoisotopic (exact) mass is 364 g/mol. The van der Waals surface area contributed by atoms with Gasteiger partial charge < -0.3 is 14.8 Å². The molecule has 2 rings (SSSR count). The number of aryl methyl sites for hydroxylation is 1. The fourth-order valence-corrected chi connectivity index (χ4v) is 2.65. The molecule has 132 valence electrons. The molecule has 8 heteroatoms. The Balaban J connectivity index is 2.33. The lowest BCUT2D eigenvalue weighted by atomic mass is 10.1. The molecule has 7 nitrogen and oxygen atoms in total. The molecule has 0 bridgehead atoms. The van der Waals surface area contributed by atoms with Gasteiger partial charge >= 0.3 is 0 Å². The lowest BCUT2D eigenvalue weighted by Gasteiger charge is -2.12. The average molecular weight is 365 g/mol. The molecule has 1 N–H and O–H groups in total. The Morgan fingerprint density at radius 3 is 2.52 bits per heavy atom. The van der Waals surface area contributed by atoms with Crippen molar-refractivity contribution >= 4 is 28.9 Å². The number of anilines is 1. The van der Waals surface area contributed by atoms with E-state index in [0.29, 0.717) is 29.2 Å². The van der Waals surface area contributed by atoms with E-state index in [1.54, 1.807) is 12.1 Å². The van der Waals surface area contributed by atoms with Gasteiger partial charge in [0.05, 0.1) is 24.2 Å². The number of nitro benzene ring substituents is 1. The first-order chi connectivity index (χ1) is 11.9. The topological polar surface area (TPSA) is 90.7 Å². The van der Waals surface area contributed by atoms with Crippen molar-refractivity contribution in [2.24, 2.45) is 0 Å². The first-order valence-electron chi connectivity index (χ1n) is 7.41. The number of rotatable bonds is 6. The van der Waals surface area contributed by atoms with Crippen molar-refractivity contribution in [1.29, 1.82) is 0 Å². The summed E-state index contributed by atoms with van der Waals surface area (Å²) in [6.45, 7) is 1.83. The number of carbonyl (C=O) groups excluding carboxylic acids is 1. The summed E-state index contributed by atoms with van der Waals surface area (Å²) in [5, 5.41) is 14.0. The van der Waals surface area contributed by atoms with E-state index in [1.807, 2.05) is 6.92 Å². The molecule has 0 fully saturated rings. The van der Waals surface area contributed by atoms with E-state index >= 15 is 0 Å². The van der Waals surface area contributed by atoms with Gasteiger partial charge in [-0.3, -0.25) is 14.9 Å². The molecule has 0 atom stereocenters. The van der Waals surface area contributed by atoms with Gasteiger partial charge in [0, 0.05) is 22.9 Å². The van der Waals surface area contributed by atoms with Crippen LogP contribution in [0.15, 0.2) is 30.3 Å². The Labute approximate surface area is 149 Å². The molecule has 0 aliphatic rings. The summed E-state index contributed by atoms with van der Waals surface area (Å²) in [6, 6.07) is 7.49. The second kappa shape index (κ2) is 7.85. The number of nitro groups is 1. The number of halogens is 1. The summed E-state index contributed by atoms with van der Waals surface area (Å²) in [5.41, 5.74) is 1.12. The van der Waals surface area contributed by atoms with Gasteiger partial charge in [-0.15, -0.1) is 0 Å². The van der Waals surface area contributed by atoms with Gasteiger partial charge in [0.15, 0.2) is 11.5 Å². The largest absolute Gasteiger partial charge is 0.493 e. The van der Waals surface area contributed by atoms with E-state index in [0.717, 1.165) is 0 Å². The predicted molar refractivity (Wildman–Crippen MR) is 95.0 cm³/mol. The maximum Gasteiger partial charge on any atom is 0.274 e. The number of nitrogens with zero attached hydrogens (tertiary/aromatic N) is 1. The van der Waals surface area contributed by atoms with E-state index < -0.39 is 10.8 Å². The third-order valence-corrected chi connectivity index (χ3v) is 3.90. The molecular formula is C17H17ClN2O5. The summed E-state index contributed by atoms with van der Waals surface area (Å²) in [7, 11) is 2.88. The molecule has 0 heterocycles. The Hall–Kier alpha value is -2.80. The number of amides is 1. The van der Waals surface area contributed by atoms with Gasteiger partial charge in [-0.2, -0.15) is 0 Å². The van der Waals surface area contributed by atoms with Crippen molar-refractivity contribution in [2.45, 2.75) is 13.3 Å². The van der Waals surface area contributed by atoms with Crippen LogP contribution in [0.2, 0.25) is 5.02 Å². The van der Waals surface area contributed by atoms with E-state index in [-0.39, 0.29) is 16.3 Å². The highest BCUT2D eigenvalue weighted by atomic mass is 35.5. The van der Waals surface area contributed by atoms with Crippen molar-refractivity contribution in [1.82, 2.24) is 0 Å². The van der Waals surface area contributed by atoms with Gasteiger partial charge in [0.1, 0.15) is 0 Å². The maximum atomic E-state index is 12.4. The van der Waals surface area contributed by atoms with E-state index in [2.05, 4.69) is 5.32 Å². The summed E-state index contributed by atoms with van der Waals surface area (Å²) < 4.78 is 10.3. The highest BCUT2D eigenvalue weighted by molar-refractivity contribution is 6.32. The van der Waals surface area contributed by atoms with Crippen molar-refractivity contribution in [2.75, 3.05) is 19.5 Å². The normalized spacial score (nSPS) is 10.2. The number of carbonyl (C=O) groups is 1. The smallest absolute Gasteiger partial charge is 0.274 e. The molecular weight excluding hydrogens is 348 g/mol. The van der Waals surface area contributed by atoms with E-state index in [1.165, 1.54) is 32.4 Å². The third kappa shape index (κ3) is 4.00. The second-order valence-corrected chi connectivity index (χ2v) is 5.51. The second-order valence-electron chi connectivity index (χ2n) is 5.10. The SMILES string of the molecule is CCc1ccc(NC(=O)c2cc(Cl)c(OC)c(OC)c2)cc1[N+](=O)[O-]. The van der Waals surface area contributed by atoms with Crippen LogP contribution >= 0.6 is 11.6 Å². The molecule has 0 aliphatic carbocycles. The molecule has 1 amide bonds. The minimum absolute atomic E-state index is 0.0364. The van der Waals surface area contributed by atoms with E-state index in [9.17, 15) is 14.9 Å². The molecule has 0 unspecified atom stereocenters. The number of ether oxygens (including phenoxy) is 2. The number of methoxy groups -OCH3 is 2. The lowest BCUT2D eigenvalue weighted by molar-refractivity contribution is -0.385. The first-order valence-corrected chi connectivity index (χ1v) is 7.79. The predicted octanol–water partition coefficient (Wildman–Crippen LogP) is 4.08. The van der Waals surface area contributed by atoms with Crippen molar-refractivity contribution in [3.05, 3.63) is 56.6 Å². The summed E-state index contributed by atoms with van der Waals surface area (Å²) in [6.07, 6.45) is 0.524. The number of hydrogen-bond acceptors (Lipinski definition) is 5. The molecule has 25 heavy (non-hydrogen) atoms. The highest BCUT2D eigenvalue weighted by Gasteiger charge is 2.17. The van der Waals surface area contributed by atoms with Crippen LogP contribution in [0.25, 0.3) is 0 Å². The molecule has 2 aromatic rings. The van der Waals surface area contributed by atoms with Crippen molar-refractivity contribution < 1.29 is 19.2 Å². The van der Waals surface area contributed by atoms with Gasteiger partial charge in [-0.25, -0.2) is 0 Å². The first kappa shape index (κ1) is 18.5. The third-order valence-electron chi connectivity index (χ3n) is 3.62. The highest BCUT2D eigenvalue weighted by Crippen LogP contribution is 2.36. The number of benzene rings is 2. The van der Waals surface area contributed by atoms with Crippen molar-refractivity contribution in [3.8, 4) is 11.5 Å². The van der Waals surface area contributed by atoms with Crippen LogP contribution in [0, 0.1) is 10.1 Å². The van der Waals surface area contributed by atoms with Crippen LogP contribution in [0.5, 0.6) is 11.5 Å². The zero-order chi connectivity index (χ0) is 18.6. The van der Waals surface area contributed by atoms with E-state index in [4.69, 9.17) is 21.1 Å². The molecule has 0 radical (unpaired) electrons. The molecule has 0 spiro atoms. The molecule has 0 saturated carbocycles. The Kier molecular flexibility index (Phi) is 5.82. The number of nitrogens with one attached hydrogen (secondary N) is 1. The van der Waals surface area contributed by atoms with Crippen LogP contribution in [0.3, 0.4) is 0 Å². The van der Waals surface area contributed by atoms with Gasteiger partial charge in [0.25, 0.3) is 11.6 Å². The van der Waals surface area contributed by atoms with Gasteiger partial charge in [-0.05, 0) is 24.6 Å². The minimum Gasteiger partial charge on any atom is -0.493 e. The quantitative estimate of drug-likeness (QED) is 0.616. The zero-order valence-electron chi connectivity index (χ0n) is 14.0. The summed E-state index contributed by atoms with van der Waals surface area (Å²) >= 11 is 6.09. The van der Waals surface area contributed by atoms with Crippen molar-refractivity contribution in [3.63, 3.8) is 0 Å². The van der Waals surface area contributed by atoms with Crippen LogP contribution in [-0.4, -0.2) is 25.1 Å². The molecule has 2 aromatic carbocycles.